The first kappa shape index (κ1) is 42.9. The monoisotopic (exact) mass is 836 g/mol. The molecular formula is C39H51F3N6O9S. The highest BCUT2D eigenvalue weighted by Crippen LogP contribution is 2.48. The van der Waals surface area contributed by atoms with Crippen LogP contribution < -0.4 is 24.8 Å². The van der Waals surface area contributed by atoms with Crippen LogP contribution in [0.2, 0.25) is 0 Å². The van der Waals surface area contributed by atoms with Gasteiger partial charge in [0.05, 0.1) is 28.7 Å². The largest absolute Gasteiger partial charge is 0.476 e. The Labute approximate surface area is 335 Å². The molecule has 1 aromatic carbocycles. The van der Waals surface area contributed by atoms with Crippen molar-refractivity contribution in [2.24, 2.45) is 17.8 Å². The van der Waals surface area contributed by atoms with Gasteiger partial charge in [0.1, 0.15) is 23.7 Å². The summed E-state index contributed by atoms with van der Waals surface area (Å²) in [5, 5.41) is 14.7. The van der Waals surface area contributed by atoms with Crippen LogP contribution in [-0.2, 0) is 29.1 Å². The minimum atomic E-state index is -4.92. The van der Waals surface area contributed by atoms with E-state index in [0.717, 1.165) is 0 Å². The average molecular weight is 837 g/mol. The number of carbonyl (C=O) groups excluding carboxylic acids is 4. The Morgan fingerprint density at radius 2 is 1.71 bits per heavy atom. The van der Waals surface area contributed by atoms with E-state index in [1.165, 1.54) is 11.8 Å². The first-order chi connectivity index (χ1) is 27.1. The molecule has 3 N–H and O–H groups in total. The second-order valence-corrected chi connectivity index (χ2v) is 19.0. The van der Waals surface area contributed by atoms with Gasteiger partial charge in [0.15, 0.2) is 0 Å². The summed E-state index contributed by atoms with van der Waals surface area (Å²) < 4.78 is 85.4. The Bertz CT molecular complexity index is 2080. The van der Waals surface area contributed by atoms with Gasteiger partial charge in [0, 0.05) is 12.3 Å². The molecule has 3 fully saturated rings. The second kappa shape index (κ2) is 15.8. The lowest BCUT2D eigenvalue weighted by molar-refractivity contribution is -0.244. The zero-order valence-electron chi connectivity index (χ0n) is 33.4. The van der Waals surface area contributed by atoms with E-state index in [-0.39, 0.29) is 37.1 Å². The van der Waals surface area contributed by atoms with Crippen LogP contribution in [-0.4, -0.2) is 101 Å². The number of halogens is 3. The molecule has 7 atom stereocenters. The number of alkyl carbamates (subject to hydrolysis) is 1. The number of carbonyl (C=O) groups is 4. The number of hydrogen-bond acceptors (Lipinski definition) is 11. The van der Waals surface area contributed by atoms with Crippen LogP contribution in [0.25, 0.3) is 10.8 Å². The minimum absolute atomic E-state index is 0.0436. The molecule has 1 aromatic heterocycles. The average Bonchev–Trinajstić information content (AvgIpc) is 4.02. The maximum Gasteiger partial charge on any atom is 0.427 e. The van der Waals surface area contributed by atoms with E-state index < -0.39 is 85.9 Å². The summed E-state index contributed by atoms with van der Waals surface area (Å²) in [5.41, 5.74) is -4.54. The highest BCUT2D eigenvalue weighted by Gasteiger charge is 2.63. The number of aromatic nitrogens is 2. The first-order valence-electron chi connectivity index (χ1n) is 19.6. The molecule has 4 amide bonds. The number of sulfonamides is 1. The number of benzene rings is 1. The van der Waals surface area contributed by atoms with Gasteiger partial charge < -0.3 is 29.7 Å². The molecule has 1 saturated heterocycles. The summed E-state index contributed by atoms with van der Waals surface area (Å²) in [6.45, 7) is 8.40. The van der Waals surface area contributed by atoms with Crippen molar-refractivity contribution in [2.45, 2.75) is 127 Å². The van der Waals surface area contributed by atoms with Crippen LogP contribution in [0.5, 0.6) is 11.8 Å². The number of fused-ring (bicyclic) bond motifs is 3. The van der Waals surface area contributed by atoms with Crippen molar-refractivity contribution >= 4 is 44.6 Å². The molecule has 0 radical (unpaired) electrons. The molecule has 3 heterocycles. The van der Waals surface area contributed by atoms with Gasteiger partial charge in [-0.05, 0) is 90.2 Å². The standard InChI is InChI=1S/C39H51F3N6O9S/c1-7-55-31-26-14-10-11-15-27(26)32(46-45-31)56-25-19-28-30(49)44-38(34(51)47-58(53,54)37(6)16-17-37)20-24(38)13-9-8-12-22(2)18-23(3)29(33(50)48(28)21-25)43-35(52)57-36(4,5)39(40,41)42/h9-11,13-15,22-25,28-29H,7-8,12,16-21H2,1-6H3,(H,43,52)(H,44,49)(H,47,51)/b13-9-/t22-,23+,24-,25+,28-,29-,38+/m0/s1. The van der Waals surface area contributed by atoms with Gasteiger partial charge in [-0.3, -0.25) is 19.1 Å². The summed E-state index contributed by atoms with van der Waals surface area (Å²) in [6, 6.07) is 4.26. The van der Waals surface area contributed by atoms with Crippen LogP contribution in [0, 0.1) is 17.8 Å². The van der Waals surface area contributed by atoms with E-state index in [9.17, 15) is 40.8 Å². The van der Waals surface area contributed by atoms with E-state index in [1.54, 1.807) is 44.2 Å². The van der Waals surface area contributed by atoms with Gasteiger partial charge in [-0.15, -0.1) is 10.2 Å². The fourth-order valence-electron chi connectivity index (χ4n) is 7.59. The Morgan fingerprint density at radius 1 is 1.05 bits per heavy atom. The molecular weight excluding hydrogens is 786 g/mol. The number of rotatable bonds is 9. The molecule has 2 aliphatic heterocycles. The summed E-state index contributed by atoms with van der Waals surface area (Å²) in [7, 11) is -4.08. The number of nitrogens with zero attached hydrogens (tertiary/aromatic N) is 3. The summed E-state index contributed by atoms with van der Waals surface area (Å²) in [4.78, 5) is 57.5. The number of allylic oxidation sites excluding steroid dienone is 1. The summed E-state index contributed by atoms with van der Waals surface area (Å²) >= 11 is 0. The third kappa shape index (κ3) is 8.69. The topological polar surface area (TPSA) is 195 Å². The third-order valence-electron chi connectivity index (χ3n) is 11.7. The molecule has 4 aliphatic rings. The van der Waals surface area contributed by atoms with Crippen LogP contribution in [0.15, 0.2) is 36.4 Å². The van der Waals surface area contributed by atoms with Crippen molar-refractivity contribution < 1.29 is 55.0 Å². The van der Waals surface area contributed by atoms with Crippen LogP contribution in [0.1, 0.15) is 86.5 Å². The zero-order valence-corrected chi connectivity index (χ0v) is 34.2. The molecule has 6 rings (SSSR count). The van der Waals surface area contributed by atoms with Gasteiger partial charge >= 0.3 is 12.3 Å². The Hall–Kier alpha value is -4.68. The van der Waals surface area contributed by atoms with Crippen LogP contribution in [0.3, 0.4) is 0 Å². The first-order valence-corrected chi connectivity index (χ1v) is 21.1. The number of hydrogen-bond donors (Lipinski definition) is 3. The Kier molecular flexibility index (Phi) is 11.7. The van der Waals surface area contributed by atoms with Gasteiger partial charge in [-0.2, -0.15) is 13.2 Å². The molecule has 58 heavy (non-hydrogen) atoms. The van der Waals surface area contributed by atoms with E-state index >= 15 is 0 Å². The van der Waals surface area contributed by atoms with Gasteiger partial charge in [0.2, 0.25) is 39.2 Å². The Morgan fingerprint density at radius 3 is 2.34 bits per heavy atom. The minimum Gasteiger partial charge on any atom is -0.476 e. The van der Waals surface area contributed by atoms with E-state index in [0.29, 0.717) is 63.3 Å². The van der Waals surface area contributed by atoms with Gasteiger partial charge in [0.25, 0.3) is 5.91 Å². The highest BCUT2D eigenvalue weighted by molar-refractivity contribution is 7.91. The zero-order chi connectivity index (χ0) is 42.4. The molecule has 15 nitrogen and oxygen atoms in total. The number of amides is 4. The lowest BCUT2D eigenvalue weighted by Crippen LogP contribution is -2.59. The number of nitrogens with one attached hydrogen (secondary N) is 3. The fourth-order valence-corrected chi connectivity index (χ4v) is 8.90. The molecule has 0 unspecified atom stereocenters. The van der Waals surface area contributed by atoms with E-state index in [2.05, 4.69) is 25.6 Å². The molecule has 0 bridgehead atoms. The Balaban J connectivity index is 1.36. The maximum atomic E-state index is 14.7. The van der Waals surface area contributed by atoms with Crippen molar-refractivity contribution in [3.63, 3.8) is 0 Å². The molecule has 318 valence electrons. The molecule has 2 saturated carbocycles. The number of alkyl halides is 3. The predicted molar refractivity (Wildman–Crippen MR) is 204 cm³/mol. The van der Waals surface area contributed by atoms with E-state index in [4.69, 9.17) is 14.2 Å². The molecule has 2 aliphatic carbocycles. The van der Waals surface area contributed by atoms with Crippen molar-refractivity contribution in [3.05, 3.63) is 36.4 Å². The SMILES string of the molecule is CCOc1nnc(O[C@@H]2C[C@H]3C(=O)N[C@]4(C(=O)NS(=O)(=O)C5(C)CC5)C[C@@H]4/C=C\CC[C@H](C)C[C@@H](C)[C@H](NC(=O)OC(C)(C)C(F)(F)F)C(=O)N3C2)c2ccccc12. The lowest BCUT2D eigenvalue weighted by atomic mass is 9.88. The third-order valence-corrected chi connectivity index (χ3v) is 13.9. The molecule has 0 spiro atoms. The lowest BCUT2D eigenvalue weighted by Gasteiger charge is -2.34. The van der Waals surface area contributed by atoms with Crippen molar-refractivity contribution in [3.8, 4) is 11.8 Å². The van der Waals surface area contributed by atoms with Crippen LogP contribution in [0.4, 0.5) is 18.0 Å². The van der Waals surface area contributed by atoms with Gasteiger partial charge in [-0.25, -0.2) is 13.2 Å². The molecule has 19 heteroatoms. The van der Waals surface area contributed by atoms with E-state index in [1.807, 2.05) is 13.0 Å². The van der Waals surface area contributed by atoms with Crippen molar-refractivity contribution in [1.82, 2.24) is 30.5 Å². The smallest absolute Gasteiger partial charge is 0.427 e. The fraction of sp³-hybridized carbons (Fsp3) is 0.641. The summed E-state index contributed by atoms with van der Waals surface area (Å²) in [5.74, 6) is -3.38. The van der Waals surface area contributed by atoms with Crippen molar-refractivity contribution in [1.29, 1.82) is 0 Å². The maximum absolute atomic E-state index is 14.7. The van der Waals surface area contributed by atoms with Crippen LogP contribution >= 0.6 is 0 Å². The van der Waals surface area contributed by atoms with Gasteiger partial charge in [-0.1, -0.05) is 38.1 Å². The molecule has 2 aromatic rings. The van der Waals surface area contributed by atoms with Crippen molar-refractivity contribution in [2.75, 3.05) is 13.2 Å². The highest BCUT2D eigenvalue weighted by atomic mass is 32.2. The normalized spacial score (nSPS) is 29.4. The second-order valence-electron chi connectivity index (χ2n) is 16.8. The quantitative estimate of drug-likeness (QED) is 0.297. The number of ether oxygens (including phenoxy) is 3. The predicted octanol–water partition coefficient (Wildman–Crippen LogP) is 4.70. The summed E-state index contributed by atoms with van der Waals surface area (Å²) in [6.07, 6.45) is -1.46.